The Morgan fingerprint density at radius 2 is 2.00 bits per heavy atom. The molecule has 2 rings (SSSR count). The van der Waals surface area contributed by atoms with Gasteiger partial charge in [-0.3, -0.25) is 9.59 Å². The molecule has 0 fully saturated rings. The molecule has 1 aromatic rings. The number of ketones is 1. The number of allylic oxidation sites excluding steroid dienone is 1. The molecule has 1 N–H and O–H groups in total. The maximum atomic E-state index is 11.8. The van der Waals surface area contributed by atoms with E-state index in [4.69, 9.17) is 4.74 Å². The van der Waals surface area contributed by atoms with E-state index in [9.17, 15) is 14.4 Å². The topological polar surface area (TPSA) is 72.5 Å². The van der Waals surface area contributed by atoms with E-state index in [-0.39, 0.29) is 18.3 Å². The van der Waals surface area contributed by atoms with Gasteiger partial charge in [-0.15, -0.1) is 11.3 Å². The van der Waals surface area contributed by atoms with Crippen molar-refractivity contribution < 1.29 is 19.1 Å². The normalized spacial score (nSPS) is 14.0. The molecule has 0 saturated heterocycles. The average Bonchev–Trinajstić information content (AvgIpc) is 3.04. The van der Waals surface area contributed by atoms with Crippen molar-refractivity contribution in [3.8, 4) is 0 Å². The van der Waals surface area contributed by atoms with Gasteiger partial charge in [-0.05, 0) is 51.2 Å². The van der Waals surface area contributed by atoms with Gasteiger partial charge in [0.25, 0.3) is 5.91 Å². The Labute approximate surface area is 139 Å². The average molecular weight is 335 g/mol. The zero-order chi connectivity index (χ0) is 16.7. The molecular formula is C17H21NO4S. The van der Waals surface area contributed by atoms with Crippen molar-refractivity contribution in [1.82, 2.24) is 5.32 Å². The van der Waals surface area contributed by atoms with Crippen LogP contribution in [0.3, 0.4) is 0 Å². The number of thiophene rings is 1. The number of rotatable bonds is 7. The predicted molar refractivity (Wildman–Crippen MR) is 88.8 cm³/mol. The van der Waals surface area contributed by atoms with E-state index in [1.807, 2.05) is 0 Å². The first-order valence-corrected chi connectivity index (χ1v) is 8.60. The smallest absolute Gasteiger partial charge is 0.348 e. The van der Waals surface area contributed by atoms with Gasteiger partial charge in [-0.25, -0.2) is 4.79 Å². The first-order valence-electron chi connectivity index (χ1n) is 7.79. The van der Waals surface area contributed by atoms with Crippen LogP contribution in [0.15, 0.2) is 23.8 Å². The lowest BCUT2D eigenvalue weighted by molar-refractivity contribution is -0.124. The molecule has 0 bridgehead atoms. The molecule has 1 aliphatic carbocycles. The number of esters is 1. The lowest BCUT2D eigenvalue weighted by Gasteiger charge is -2.12. The van der Waals surface area contributed by atoms with E-state index in [0.717, 1.165) is 30.6 Å². The Bertz CT molecular complexity index is 618. The van der Waals surface area contributed by atoms with E-state index in [1.54, 1.807) is 6.07 Å². The summed E-state index contributed by atoms with van der Waals surface area (Å²) in [7, 11) is 0. The predicted octanol–water partition coefficient (Wildman–Crippen LogP) is 3.11. The summed E-state index contributed by atoms with van der Waals surface area (Å²) in [6.07, 6.45) is 7.82. The second-order valence-electron chi connectivity index (χ2n) is 5.50. The van der Waals surface area contributed by atoms with E-state index in [0.29, 0.717) is 16.3 Å². The van der Waals surface area contributed by atoms with Gasteiger partial charge in [0.05, 0.1) is 4.88 Å². The van der Waals surface area contributed by atoms with Crippen molar-refractivity contribution in [2.24, 2.45) is 0 Å². The maximum Gasteiger partial charge on any atom is 0.348 e. The minimum atomic E-state index is -0.576. The van der Waals surface area contributed by atoms with Crippen LogP contribution < -0.4 is 5.32 Å². The summed E-state index contributed by atoms with van der Waals surface area (Å²) < 4.78 is 4.96. The van der Waals surface area contributed by atoms with Crippen molar-refractivity contribution in [2.75, 3.05) is 13.2 Å². The molecule has 23 heavy (non-hydrogen) atoms. The molecule has 0 aliphatic heterocycles. The summed E-state index contributed by atoms with van der Waals surface area (Å²) in [5.41, 5.74) is 1.39. The number of ether oxygens (including phenoxy) is 1. The van der Waals surface area contributed by atoms with E-state index in [2.05, 4.69) is 11.4 Å². The minimum Gasteiger partial charge on any atom is -0.451 e. The Morgan fingerprint density at radius 3 is 2.65 bits per heavy atom. The Kier molecular flexibility index (Phi) is 6.52. The van der Waals surface area contributed by atoms with Gasteiger partial charge >= 0.3 is 5.97 Å². The zero-order valence-electron chi connectivity index (χ0n) is 13.2. The molecule has 0 spiro atoms. The molecule has 0 aromatic carbocycles. The third-order valence-corrected chi connectivity index (χ3v) is 4.81. The maximum absolute atomic E-state index is 11.8. The van der Waals surface area contributed by atoms with Crippen LogP contribution in [0.4, 0.5) is 0 Å². The molecule has 6 heteroatoms. The highest BCUT2D eigenvalue weighted by Crippen LogP contribution is 2.19. The fourth-order valence-electron chi connectivity index (χ4n) is 2.38. The van der Waals surface area contributed by atoms with Crippen LogP contribution in [0, 0.1) is 0 Å². The lowest BCUT2D eigenvalue weighted by Crippen LogP contribution is -2.29. The molecule has 0 unspecified atom stereocenters. The highest BCUT2D eigenvalue weighted by atomic mass is 32.1. The number of carbonyl (C=O) groups excluding carboxylic acids is 3. The number of nitrogens with one attached hydrogen (secondary N) is 1. The fourth-order valence-corrected chi connectivity index (χ4v) is 3.18. The van der Waals surface area contributed by atoms with Gasteiger partial charge in [0.1, 0.15) is 4.88 Å². The van der Waals surface area contributed by atoms with E-state index < -0.39 is 5.97 Å². The van der Waals surface area contributed by atoms with E-state index in [1.165, 1.54) is 31.4 Å². The molecule has 1 heterocycles. The summed E-state index contributed by atoms with van der Waals surface area (Å²) in [5.74, 6) is -0.977. The number of amides is 1. The number of hydrogen-bond donors (Lipinski definition) is 1. The van der Waals surface area contributed by atoms with Crippen LogP contribution in [-0.2, 0) is 9.53 Å². The molecular weight excluding hydrogens is 314 g/mol. The Morgan fingerprint density at radius 1 is 1.22 bits per heavy atom. The van der Waals surface area contributed by atoms with Gasteiger partial charge in [-0.2, -0.15) is 0 Å². The quantitative estimate of drug-likeness (QED) is 0.472. The second kappa shape index (κ2) is 8.62. The monoisotopic (exact) mass is 335 g/mol. The van der Waals surface area contributed by atoms with Gasteiger partial charge in [0, 0.05) is 6.54 Å². The fraction of sp³-hybridized carbons (Fsp3) is 0.471. The minimum absolute atomic E-state index is 0.0937. The third-order valence-electron chi connectivity index (χ3n) is 3.64. The number of carbonyl (C=O) groups is 3. The SMILES string of the molecule is CC(=O)c1ccc(C(=O)OCC(=O)NCCC2=CCCCC2)s1. The molecule has 1 aromatic heterocycles. The van der Waals surface area contributed by atoms with Crippen LogP contribution in [-0.4, -0.2) is 30.8 Å². The summed E-state index contributed by atoms with van der Waals surface area (Å²) >= 11 is 1.07. The molecule has 0 radical (unpaired) electrons. The highest BCUT2D eigenvalue weighted by molar-refractivity contribution is 7.15. The summed E-state index contributed by atoms with van der Waals surface area (Å²) in [4.78, 5) is 35.5. The molecule has 1 amide bonds. The van der Waals surface area contributed by atoms with Crippen LogP contribution in [0.5, 0.6) is 0 Å². The summed E-state index contributed by atoms with van der Waals surface area (Å²) in [6, 6.07) is 3.12. The van der Waals surface area contributed by atoms with Crippen LogP contribution in [0.2, 0.25) is 0 Å². The molecule has 1 aliphatic rings. The van der Waals surface area contributed by atoms with Crippen LogP contribution in [0.25, 0.3) is 0 Å². The standard InChI is InChI=1S/C17H21NO4S/c1-12(19)14-7-8-15(23-14)17(21)22-11-16(20)18-10-9-13-5-3-2-4-6-13/h5,7-8H,2-4,6,9-11H2,1H3,(H,18,20). The second-order valence-corrected chi connectivity index (χ2v) is 6.59. The molecule has 5 nitrogen and oxygen atoms in total. The number of Topliss-reactive ketones (excluding diaryl/α,β-unsaturated/α-hetero) is 1. The van der Waals surface area contributed by atoms with Gasteiger partial charge in [0.2, 0.25) is 0 Å². The van der Waals surface area contributed by atoms with Gasteiger partial charge < -0.3 is 10.1 Å². The zero-order valence-corrected chi connectivity index (χ0v) is 14.0. The highest BCUT2D eigenvalue weighted by Gasteiger charge is 2.14. The van der Waals surface area contributed by atoms with Crippen molar-refractivity contribution in [3.63, 3.8) is 0 Å². The van der Waals surface area contributed by atoms with Crippen LogP contribution >= 0.6 is 11.3 Å². The molecule has 124 valence electrons. The first-order chi connectivity index (χ1) is 11.1. The van der Waals surface area contributed by atoms with Gasteiger partial charge in [0.15, 0.2) is 12.4 Å². The number of hydrogen-bond acceptors (Lipinski definition) is 5. The Balaban J connectivity index is 1.67. The van der Waals surface area contributed by atoms with Gasteiger partial charge in [-0.1, -0.05) is 11.6 Å². The first kappa shape index (κ1) is 17.4. The van der Waals surface area contributed by atoms with Crippen molar-refractivity contribution >= 4 is 29.0 Å². The largest absolute Gasteiger partial charge is 0.451 e. The molecule has 0 atom stereocenters. The molecule has 0 saturated carbocycles. The van der Waals surface area contributed by atoms with Crippen molar-refractivity contribution in [2.45, 2.75) is 39.0 Å². The van der Waals surface area contributed by atoms with Crippen molar-refractivity contribution in [1.29, 1.82) is 0 Å². The summed E-state index contributed by atoms with van der Waals surface area (Å²) in [5, 5.41) is 2.75. The third kappa shape index (κ3) is 5.63. The summed E-state index contributed by atoms with van der Waals surface area (Å²) in [6.45, 7) is 1.71. The van der Waals surface area contributed by atoms with E-state index >= 15 is 0 Å². The van der Waals surface area contributed by atoms with Crippen molar-refractivity contribution in [3.05, 3.63) is 33.5 Å². The Hall–Kier alpha value is -1.95. The van der Waals surface area contributed by atoms with Crippen LogP contribution in [0.1, 0.15) is 58.4 Å². The lowest BCUT2D eigenvalue weighted by atomic mass is 9.97.